The Morgan fingerprint density at radius 3 is 3.00 bits per heavy atom. The van der Waals surface area contributed by atoms with Crippen molar-refractivity contribution in [2.45, 2.75) is 29.9 Å². The summed E-state index contributed by atoms with van der Waals surface area (Å²) < 4.78 is 28.8. The molecule has 8 nitrogen and oxygen atoms in total. The zero-order valence-corrected chi connectivity index (χ0v) is 18.0. The number of nitrogens with zero attached hydrogens (tertiary/aromatic N) is 4. The summed E-state index contributed by atoms with van der Waals surface area (Å²) in [7, 11) is -3.82. The summed E-state index contributed by atoms with van der Waals surface area (Å²) in [6.07, 6.45) is 4.87. The summed E-state index contributed by atoms with van der Waals surface area (Å²) >= 11 is 1.17. The molecule has 10 heteroatoms. The average Bonchev–Trinajstić information content (AvgIpc) is 3.39. The molecule has 0 aliphatic carbocycles. The highest BCUT2D eigenvalue weighted by atomic mass is 32.2. The zero-order chi connectivity index (χ0) is 21.3. The molecule has 1 fully saturated rings. The number of benzene rings is 1. The van der Waals surface area contributed by atoms with Crippen molar-refractivity contribution >= 4 is 38.0 Å². The summed E-state index contributed by atoms with van der Waals surface area (Å²) in [6.45, 7) is 3.85. The molecule has 0 saturated carbocycles. The first-order valence-corrected chi connectivity index (χ1v) is 11.8. The summed E-state index contributed by atoms with van der Waals surface area (Å²) in [5.74, 6) is 0.133. The minimum Gasteiger partial charge on any atom is -0.358 e. The first kappa shape index (κ1) is 20.4. The molecule has 1 saturated heterocycles. The highest BCUT2D eigenvalue weighted by Crippen LogP contribution is 2.34. The third-order valence-electron chi connectivity index (χ3n) is 5.32. The summed E-state index contributed by atoms with van der Waals surface area (Å²) in [5.41, 5.74) is 2.34. The summed E-state index contributed by atoms with van der Waals surface area (Å²) in [4.78, 5) is 9.45. The molecule has 3 heterocycles. The Morgan fingerprint density at radius 1 is 1.40 bits per heavy atom. The average molecular weight is 441 g/mol. The van der Waals surface area contributed by atoms with E-state index in [-0.39, 0.29) is 10.1 Å². The number of aromatic nitrogens is 2. The van der Waals surface area contributed by atoms with Gasteiger partial charge in [-0.05, 0) is 37.9 Å². The van der Waals surface area contributed by atoms with Crippen LogP contribution >= 0.6 is 11.3 Å². The fraction of sp³-hybridized carbons (Fsp3) is 0.350. The topological polar surface area (TPSA) is 126 Å². The number of likely N-dealkylation sites (tertiary alicyclic amines) is 1. The first-order valence-electron chi connectivity index (χ1n) is 9.51. The van der Waals surface area contributed by atoms with E-state index in [1.807, 2.05) is 6.92 Å². The van der Waals surface area contributed by atoms with Gasteiger partial charge in [0, 0.05) is 24.0 Å². The molecule has 154 valence electrons. The maximum atomic E-state index is 13.0. The van der Waals surface area contributed by atoms with Gasteiger partial charge in [-0.15, -0.1) is 11.3 Å². The van der Waals surface area contributed by atoms with Crippen LogP contribution in [0, 0.1) is 29.6 Å². The Kier molecular flexibility index (Phi) is 5.48. The van der Waals surface area contributed by atoms with Crippen LogP contribution in [-0.2, 0) is 10.0 Å². The number of hydrogen-bond donors (Lipinski definition) is 2. The number of nitrogens with one attached hydrogen (secondary N) is 2. The minimum absolute atomic E-state index is 0.133. The van der Waals surface area contributed by atoms with Crippen molar-refractivity contribution in [2.75, 3.05) is 24.4 Å². The molecule has 0 radical (unpaired) electrons. The summed E-state index contributed by atoms with van der Waals surface area (Å²) in [5, 5.41) is 19.7. The molecule has 0 amide bonds. The molecule has 1 aliphatic rings. The van der Waals surface area contributed by atoms with E-state index in [2.05, 4.69) is 31.7 Å². The van der Waals surface area contributed by atoms with Gasteiger partial charge in [-0.1, -0.05) is 6.07 Å². The molecule has 1 aromatic carbocycles. The normalized spacial score (nSPS) is 17.5. The van der Waals surface area contributed by atoms with Crippen molar-refractivity contribution in [2.24, 2.45) is 0 Å². The maximum Gasteiger partial charge on any atom is 0.273 e. The van der Waals surface area contributed by atoms with Crippen LogP contribution in [0.25, 0.3) is 10.9 Å². The Balaban J connectivity index is 1.59. The molecule has 4 rings (SSSR count). The van der Waals surface area contributed by atoms with Crippen molar-refractivity contribution in [3.05, 3.63) is 40.7 Å². The Morgan fingerprint density at radius 2 is 2.23 bits per heavy atom. The second kappa shape index (κ2) is 8.07. The standard InChI is InChI=1S/C20H20N6O2S2/c1-13-4-5-16(19-18(13)15(9-22)10-23-19)25-30(27,28)17-11-24-20(29-17)14-3-2-7-26(12-14)8-6-21/h4-5,10-11,14,23,25H,2-3,7-8,12H2,1H3. The van der Waals surface area contributed by atoms with Crippen LogP contribution in [-0.4, -0.2) is 42.9 Å². The van der Waals surface area contributed by atoms with Gasteiger partial charge in [0.15, 0.2) is 4.21 Å². The van der Waals surface area contributed by atoms with Crippen LogP contribution in [0.1, 0.15) is 34.9 Å². The molecular formula is C20H20N6O2S2. The highest BCUT2D eigenvalue weighted by molar-refractivity contribution is 7.94. The minimum atomic E-state index is -3.82. The number of rotatable bonds is 5. The number of piperidine rings is 1. The fourth-order valence-corrected chi connectivity index (χ4v) is 6.22. The van der Waals surface area contributed by atoms with Gasteiger partial charge in [0.25, 0.3) is 10.0 Å². The number of thiazole rings is 1. The number of aromatic amines is 1. The van der Waals surface area contributed by atoms with Crippen LogP contribution in [0.2, 0.25) is 0 Å². The molecule has 0 bridgehead atoms. The Hall–Kier alpha value is -2.92. The van der Waals surface area contributed by atoms with Gasteiger partial charge in [0.1, 0.15) is 6.07 Å². The molecule has 0 spiro atoms. The third-order valence-corrected chi connectivity index (χ3v) is 8.31. The predicted octanol–water partition coefficient (Wildman–Crippen LogP) is 3.31. The number of H-pyrrole nitrogens is 1. The Bertz CT molecular complexity index is 1280. The molecule has 30 heavy (non-hydrogen) atoms. The highest BCUT2D eigenvalue weighted by Gasteiger charge is 2.26. The van der Waals surface area contributed by atoms with E-state index in [1.54, 1.807) is 18.3 Å². The van der Waals surface area contributed by atoms with Crippen molar-refractivity contribution in [1.29, 1.82) is 10.5 Å². The van der Waals surface area contributed by atoms with Gasteiger partial charge in [-0.25, -0.2) is 13.4 Å². The van der Waals surface area contributed by atoms with Crippen LogP contribution in [0.15, 0.2) is 28.7 Å². The van der Waals surface area contributed by atoms with Crippen molar-refractivity contribution in [3.63, 3.8) is 0 Å². The van der Waals surface area contributed by atoms with E-state index in [1.165, 1.54) is 17.5 Å². The maximum absolute atomic E-state index is 13.0. The van der Waals surface area contributed by atoms with E-state index in [4.69, 9.17) is 5.26 Å². The van der Waals surface area contributed by atoms with E-state index in [0.29, 0.717) is 35.2 Å². The number of aryl methyl sites for hydroxylation is 1. The number of sulfonamides is 1. The largest absolute Gasteiger partial charge is 0.358 e. The lowest BCUT2D eigenvalue weighted by Gasteiger charge is -2.29. The Labute approximate surface area is 178 Å². The molecule has 2 N–H and O–H groups in total. The second-order valence-corrected chi connectivity index (χ2v) is 10.3. The van der Waals surface area contributed by atoms with Crippen LogP contribution in [0.3, 0.4) is 0 Å². The van der Waals surface area contributed by atoms with E-state index < -0.39 is 10.0 Å². The van der Waals surface area contributed by atoms with E-state index in [9.17, 15) is 13.7 Å². The van der Waals surface area contributed by atoms with E-state index in [0.717, 1.165) is 30.0 Å². The third kappa shape index (κ3) is 3.77. The predicted molar refractivity (Wildman–Crippen MR) is 115 cm³/mol. The second-order valence-electron chi connectivity index (χ2n) is 7.35. The zero-order valence-electron chi connectivity index (χ0n) is 16.3. The van der Waals surface area contributed by atoms with Gasteiger partial charge >= 0.3 is 0 Å². The quantitative estimate of drug-likeness (QED) is 0.586. The number of nitriles is 2. The summed E-state index contributed by atoms with van der Waals surface area (Å²) in [6, 6.07) is 7.78. The van der Waals surface area contributed by atoms with Gasteiger partial charge in [0.05, 0.1) is 40.6 Å². The van der Waals surface area contributed by atoms with Crippen molar-refractivity contribution in [1.82, 2.24) is 14.9 Å². The van der Waals surface area contributed by atoms with Gasteiger partial charge < -0.3 is 4.98 Å². The lowest BCUT2D eigenvalue weighted by Crippen LogP contribution is -2.34. The van der Waals surface area contributed by atoms with Gasteiger partial charge in [-0.2, -0.15) is 10.5 Å². The van der Waals surface area contributed by atoms with Crippen LogP contribution in [0.4, 0.5) is 5.69 Å². The molecular weight excluding hydrogens is 420 g/mol. The lowest BCUT2D eigenvalue weighted by atomic mass is 9.99. The fourth-order valence-electron chi connectivity index (χ4n) is 3.87. The van der Waals surface area contributed by atoms with Gasteiger partial charge in [-0.3, -0.25) is 9.62 Å². The van der Waals surface area contributed by atoms with Crippen LogP contribution < -0.4 is 4.72 Å². The molecule has 3 aromatic rings. The number of hydrogen-bond acceptors (Lipinski definition) is 7. The molecule has 1 aliphatic heterocycles. The van der Waals surface area contributed by atoms with Crippen LogP contribution in [0.5, 0.6) is 0 Å². The van der Waals surface area contributed by atoms with Gasteiger partial charge in [0.2, 0.25) is 0 Å². The monoisotopic (exact) mass is 440 g/mol. The smallest absolute Gasteiger partial charge is 0.273 e. The molecule has 1 unspecified atom stereocenters. The van der Waals surface area contributed by atoms with E-state index >= 15 is 0 Å². The SMILES string of the molecule is Cc1ccc(NS(=O)(=O)c2cnc(C3CCCN(CC#N)C3)s2)c2[nH]cc(C#N)c12. The first-order chi connectivity index (χ1) is 14.4. The van der Waals surface area contributed by atoms with Crippen molar-refractivity contribution < 1.29 is 8.42 Å². The lowest BCUT2D eigenvalue weighted by molar-refractivity contribution is 0.230. The number of anilines is 1. The van der Waals surface area contributed by atoms with Crippen molar-refractivity contribution in [3.8, 4) is 12.1 Å². The molecule has 1 atom stereocenters. The molecule has 2 aromatic heterocycles. The number of fused-ring (bicyclic) bond motifs is 1.